The molecule has 90 valence electrons. The molecule has 1 aromatic carbocycles. The second kappa shape index (κ2) is 4.55. The van der Waals surface area contributed by atoms with Crippen LogP contribution in [0.2, 0.25) is 0 Å². The fourth-order valence-electron chi connectivity index (χ4n) is 1.21. The first-order valence-electron chi connectivity index (χ1n) is 5.27. The van der Waals surface area contributed by atoms with E-state index in [0.717, 1.165) is 0 Å². The SMILES string of the molecule is CC(C)(C)C(N)CS(=O)(=O)c1ccccc1. The molecule has 0 amide bonds. The highest BCUT2D eigenvalue weighted by Gasteiger charge is 2.27. The van der Waals surface area contributed by atoms with Gasteiger partial charge >= 0.3 is 0 Å². The second-order valence-corrected chi connectivity index (χ2v) is 7.10. The Kier molecular flexibility index (Phi) is 3.76. The summed E-state index contributed by atoms with van der Waals surface area (Å²) in [6.07, 6.45) is 0. The van der Waals surface area contributed by atoms with Crippen LogP contribution >= 0.6 is 0 Å². The van der Waals surface area contributed by atoms with Gasteiger partial charge in [-0.05, 0) is 17.5 Å². The Balaban J connectivity index is 2.90. The lowest BCUT2D eigenvalue weighted by atomic mass is 9.89. The molecule has 16 heavy (non-hydrogen) atoms. The molecule has 3 nitrogen and oxygen atoms in total. The van der Waals surface area contributed by atoms with Crippen molar-refractivity contribution >= 4 is 9.84 Å². The Hall–Kier alpha value is -0.870. The molecular formula is C12H19NO2S. The van der Waals surface area contributed by atoms with E-state index in [1.54, 1.807) is 30.3 Å². The van der Waals surface area contributed by atoms with Gasteiger partial charge < -0.3 is 5.73 Å². The fraction of sp³-hybridized carbons (Fsp3) is 0.500. The van der Waals surface area contributed by atoms with Gasteiger partial charge in [0, 0.05) is 6.04 Å². The van der Waals surface area contributed by atoms with E-state index in [1.165, 1.54) is 0 Å². The molecule has 1 unspecified atom stereocenters. The highest BCUT2D eigenvalue weighted by molar-refractivity contribution is 7.91. The number of hydrogen-bond donors (Lipinski definition) is 1. The van der Waals surface area contributed by atoms with Crippen LogP contribution in [-0.4, -0.2) is 20.2 Å². The molecule has 4 heteroatoms. The minimum absolute atomic E-state index is 0.0134. The Labute approximate surface area is 97.6 Å². The monoisotopic (exact) mass is 241 g/mol. The van der Waals surface area contributed by atoms with Crippen LogP contribution in [0, 0.1) is 5.41 Å². The average molecular weight is 241 g/mol. The molecule has 0 spiro atoms. The summed E-state index contributed by atoms with van der Waals surface area (Å²) in [5.74, 6) is -0.0134. The lowest BCUT2D eigenvalue weighted by Crippen LogP contribution is -2.40. The summed E-state index contributed by atoms with van der Waals surface area (Å²) in [5, 5.41) is 0. The number of nitrogens with two attached hydrogens (primary N) is 1. The molecule has 0 bridgehead atoms. The van der Waals surface area contributed by atoms with E-state index in [0.29, 0.717) is 4.90 Å². The molecule has 0 aliphatic rings. The Morgan fingerprint density at radius 3 is 2.12 bits per heavy atom. The van der Waals surface area contributed by atoms with Crippen molar-refractivity contribution in [2.24, 2.45) is 11.1 Å². The molecule has 1 aromatic rings. The lowest BCUT2D eigenvalue weighted by Gasteiger charge is -2.26. The van der Waals surface area contributed by atoms with Crippen molar-refractivity contribution < 1.29 is 8.42 Å². The number of rotatable bonds is 3. The summed E-state index contributed by atoms with van der Waals surface area (Å²) in [5.41, 5.74) is 5.69. The Morgan fingerprint density at radius 1 is 1.19 bits per heavy atom. The summed E-state index contributed by atoms with van der Waals surface area (Å²) in [4.78, 5) is 0.342. The Morgan fingerprint density at radius 2 is 1.69 bits per heavy atom. The molecule has 1 rings (SSSR count). The Bertz CT molecular complexity index is 432. The molecule has 0 fully saturated rings. The molecular weight excluding hydrogens is 222 g/mol. The largest absolute Gasteiger partial charge is 0.326 e. The molecule has 2 N–H and O–H groups in total. The van der Waals surface area contributed by atoms with Crippen molar-refractivity contribution in [1.29, 1.82) is 0 Å². The standard InChI is InChI=1S/C12H19NO2S/c1-12(2,3)11(13)9-16(14,15)10-7-5-4-6-8-10/h4-8,11H,9,13H2,1-3H3. The zero-order valence-corrected chi connectivity index (χ0v) is 10.8. The van der Waals surface area contributed by atoms with Gasteiger partial charge in [0.05, 0.1) is 10.6 Å². The van der Waals surface area contributed by atoms with Crippen molar-refractivity contribution in [3.05, 3.63) is 30.3 Å². The van der Waals surface area contributed by atoms with E-state index in [2.05, 4.69) is 0 Å². The molecule has 0 saturated carbocycles. The number of hydrogen-bond acceptors (Lipinski definition) is 3. The first-order valence-corrected chi connectivity index (χ1v) is 6.92. The van der Waals surface area contributed by atoms with Gasteiger partial charge in [0.2, 0.25) is 0 Å². The third-order valence-electron chi connectivity index (χ3n) is 2.61. The third kappa shape index (κ3) is 3.32. The summed E-state index contributed by atoms with van der Waals surface area (Å²) in [7, 11) is -3.27. The minimum atomic E-state index is -3.27. The van der Waals surface area contributed by atoms with Crippen LogP contribution in [0.1, 0.15) is 20.8 Å². The van der Waals surface area contributed by atoms with Crippen LogP contribution in [0.25, 0.3) is 0 Å². The average Bonchev–Trinajstić information content (AvgIpc) is 2.17. The second-order valence-electron chi connectivity index (χ2n) is 5.07. The normalized spacial score (nSPS) is 14.8. The van der Waals surface area contributed by atoms with Crippen LogP contribution in [0.5, 0.6) is 0 Å². The van der Waals surface area contributed by atoms with Gasteiger partial charge in [0.1, 0.15) is 0 Å². The van der Waals surface area contributed by atoms with E-state index >= 15 is 0 Å². The molecule has 0 radical (unpaired) electrons. The quantitative estimate of drug-likeness (QED) is 0.878. The smallest absolute Gasteiger partial charge is 0.179 e. The van der Waals surface area contributed by atoms with Gasteiger partial charge in [-0.2, -0.15) is 0 Å². The van der Waals surface area contributed by atoms with Crippen LogP contribution in [0.3, 0.4) is 0 Å². The van der Waals surface area contributed by atoms with Crippen LogP contribution in [-0.2, 0) is 9.84 Å². The van der Waals surface area contributed by atoms with Crippen molar-refractivity contribution in [2.45, 2.75) is 31.7 Å². The van der Waals surface area contributed by atoms with Crippen molar-refractivity contribution in [1.82, 2.24) is 0 Å². The topological polar surface area (TPSA) is 60.2 Å². The number of sulfone groups is 1. The first-order chi connectivity index (χ1) is 7.23. The molecule has 0 aliphatic heterocycles. The van der Waals surface area contributed by atoms with Crippen molar-refractivity contribution in [3.63, 3.8) is 0 Å². The molecule has 0 saturated heterocycles. The van der Waals surface area contributed by atoms with Crippen LogP contribution in [0.4, 0.5) is 0 Å². The zero-order valence-electron chi connectivity index (χ0n) is 9.97. The van der Waals surface area contributed by atoms with Crippen molar-refractivity contribution in [2.75, 3.05) is 5.75 Å². The van der Waals surface area contributed by atoms with E-state index < -0.39 is 9.84 Å². The first kappa shape index (κ1) is 13.2. The molecule has 1 atom stereocenters. The third-order valence-corrected chi connectivity index (χ3v) is 4.40. The summed E-state index contributed by atoms with van der Waals surface area (Å²) in [6.45, 7) is 5.83. The maximum atomic E-state index is 12.0. The van der Waals surface area contributed by atoms with Crippen molar-refractivity contribution in [3.8, 4) is 0 Å². The van der Waals surface area contributed by atoms with Gasteiger partial charge in [-0.15, -0.1) is 0 Å². The maximum absolute atomic E-state index is 12.0. The highest BCUT2D eigenvalue weighted by Crippen LogP contribution is 2.21. The predicted molar refractivity (Wildman–Crippen MR) is 65.9 cm³/mol. The fourth-order valence-corrected chi connectivity index (χ4v) is 2.95. The van der Waals surface area contributed by atoms with E-state index in [-0.39, 0.29) is 17.2 Å². The number of benzene rings is 1. The minimum Gasteiger partial charge on any atom is -0.326 e. The predicted octanol–water partition coefficient (Wildman–Crippen LogP) is 1.83. The maximum Gasteiger partial charge on any atom is 0.179 e. The van der Waals surface area contributed by atoms with Gasteiger partial charge in [0.25, 0.3) is 0 Å². The van der Waals surface area contributed by atoms with Gasteiger partial charge in [-0.25, -0.2) is 8.42 Å². The lowest BCUT2D eigenvalue weighted by molar-refractivity contribution is 0.340. The zero-order chi connectivity index (χ0) is 12.4. The highest BCUT2D eigenvalue weighted by atomic mass is 32.2. The van der Waals surface area contributed by atoms with E-state index in [1.807, 2.05) is 20.8 Å². The summed E-state index contributed by atoms with van der Waals surface area (Å²) < 4.78 is 24.0. The van der Waals surface area contributed by atoms with E-state index in [9.17, 15) is 8.42 Å². The van der Waals surface area contributed by atoms with Gasteiger partial charge in [-0.3, -0.25) is 0 Å². The van der Waals surface area contributed by atoms with Crippen LogP contribution in [0.15, 0.2) is 35.2 Å². The molecule has 0 aromatic heterocycles. The van der Waals surface area contributed by atoms with E-state index in [4.69, 9.17) is 5.73 Å². The van der Waals surface area contributed by atoms with Gasteiger partial charge in [0.15, 0.2) is 9.84 Å². The molecule has 0 aliphatic carbocycles. The van der Waals surface area contributed by atoms with Gasteiger partial charge in [-0.1, -0.05) is 39.0 Å². The summed E-state index contributed by atoms with van der Waals surface area (Å²) >= 11 is 0. The van der Waals surface area contributed by atoms with Crippen LogP contribution < -0.4 is 5.73 Å². The molecule has 0 heterocycles. The summed E-state index contributed by atoms with van der Waals surface area (Å²) in [6, 6.07) is 8.07.